The van der Waals surface area contributed by atoms with Crippen molar-refractivity contribution in [3.05, 3.63) is 78.1 Å². The van der Waals surface area contributed by atoms with Crippen LogP contribution in [0.4, 0.5) is 4.39 Å². The normalized spacial score (nSPS) is 13.6. The minimum absolute atomic E-state index is 0.131. The van der Waals surface area contributed by atoms with Gasteiger partial charge in [0, 0.05) is 71.2 Å². The molecule has 0 spiro atoms. The number of piperazine rings is 1. The first-order valence-corrected chi connectivity index (χ1v) is 11.3. The molecule has 1 fully saturated rings. The van der Waals surface area contributed by atoms with E-state index in [1.807, 2.05) is 12.1 Å². The highest BCUT2D eigenvalue weighted by atomic mass is 19.1. The third kappa shape index (κ3) is 8.58. The number of carbonyl (C=O) groups is 1. The molecule has 3 heterocycles. The highest BCUT2D eigenvalue weighted by molar-refractivity contribution is 5.78. The summed E-state index contributed by atoms with van der Waals surface area (Å²) in [5, 5.41) is 6.13. The standard InChI is InChI=1S/C18H15FN4O.C7H16N2O/c19-16-4-2-1-3-15(16)18-22-11-14(12-23-18)9-17(24)21-10-13-5-7-20-8-6-13;1-10-7-6-9-4-2-8-3-5-9/h1-8,11-12H,9-10H2,(H,21,24);8H,2-7H2,1H3. The first kappa shape index (κ1) is 25.4. The molecule has 0 aliphatic carbocycles. The molecule has 0 atom stereocenters. The smallest absolute Gasteiger partial charge is 0.224 e. The number of hydrogen-bond acceptors (Lipinski definition) is 7. The molecule has 2 aromatic heterocycles. The van der Waals surface area contributed by atoms with Crippen molar-refractivity contribution in [2.75, 3.05) is 46.4 Å². The topological polar surface area (TPSA) is 92.3 Å². The Morgan fingerprint density at radius 3 is 2.47 bits per heavy atom. The van der Waals surface area contributed by atoms with Crippen LogP contribution in [0.1, 0.15) is 11.1 Å². The van der Waals surface area contributed by atoms with Gasteiger partial charge in [-0.25, -0.2) is 14.4 Å². The van der Waals surface area contributed by atoms with Crippen LogP contribution in [0.25, 0.3) is 11.4 Å². The predicted octanol–water partition coefficient (Wildman–Crippen LogP) is 2.07. The Hall–Kier alpha value is -3.27. The number of hydrogen-bond donors (Lipinski definition) is 2. The van der Waals surface area contributed by atoms with Crippen molar-refractivity contribution in [2.24, 2.45) is 0 Å². The number of ether oxygens (including phenoxy) is 1. The van der Waals surface area contributed by atoms with Crippen LogP contribution in [0.2, 0.25) is 0 Å². The molecule has 8 nitrogen and oxygen atoms in total. The van der Waals surface area contributed by atoms with Gasteiger partial charge in [-0.05, 0) is 35.4 Å². The van der Waals surface area contributed by atoms with Gasteiger partial charge in [-0.15, -0.1) is 0 Å². The molecular weight excluding hydrogens is 435 g/mol. The Morgan fingerprint density at radius 2 is 1.79 bits per heavy atom. The van der Waals surface area contributed by atoms with Gasteiger partial charge in [-0.2, -0.15) is 0 Å². The Labute approximate surface area is 199 Å². The summed E-state index contributed by atoms with van der Waals surface area (Å²) in [5.74, 6) is -0.205. The lowest BCUT2D eigenvalue weighted by molar-refractivity contribution is -0.120. The van der Waals surface area contributed by atoms with Gasteiger partial charge in [-0.1, -0.05) is 12.1 Å². The van der Waals surface area contributed by atoms with Crippen molar-refractivity contribution < 1.29 is 13.9 Å². The summed E-state index contributed by atoms with van der Waals surface area (Å²) in [6.45, 7) is 6.98. The molecule has 4 rings (SSSR count). The number of carbonyl (C=O) groups excluding carboxylic acids is 1. The second-order valence-corrected chi connectivity index (χ2v) is 7.79. The maximum atomic E-state index is 13.7. The number of nitrogens with one attached hydrogen (secondary N) is 2. The van der Waals surface area contributed by atoms with E-state index in [1.165, 1.54) is 19.2 Å². The molecule has 0 radical (unpaired) electrons. The minimum Gasteiger partial charge on any atom is -0.383 e. The Kier molecular flexibility index (Phi) is 10.5. The Bertz CT molecular complexity index is 998. The first-order chi connectivity index (χ1) is 16.7. The van der Waals surface area contributed by atoms with E-state index in [1.54, 1.807) is 50.1 Å². The van der Waals surface area contributed by atoms with Crippen LogP contribution < -0.4 is 10.6 Å². The van der Waals surface area contributed by atoms with Crippen LogP contribution in [-0.4, -0.2) is 72.2 Å². The van der Waals surface area contributed by atoms with Crippen molar-refractivity contribution >= 4 is 5.91 Å². The van der Waals surface area contributed by atoms with E-state index in [9.17, 15) is 9.18 Å². The maximum absolute atomic E-state index is 13.7. The fourth-order valence-electron chi connectivity index (χ4n) is 3.33. The average molecular weight is 467 g/mol. The molecule has 3 aromatic rings. The van der Waals surface area contributed by atoms with E-state index in [0.29, 0.717) is 23.5 Å². The minimum atomic E-state index is -0.375. The number of aromatic nitrogens is 3. The molecule has 0 unspecified atom stereocenters. The molecule has 1 saturated heterocycles. The maximum Gasteiger partial charge on any atom is 0.224 e. The number of amides is 1. The van der Waals surface area contributed by atoms with Gasteiger partial charge < -0.3 is 15.4 Å². The average Bonchev–Trinajstić information content (AvgIpc) is 2.89. The molecule has 1 aliphatic heterocycles. The molecule has 9 heteroatoms. The molecule has 180 valence electrons. The van der Waals surface area contributed by atoms with Crippen molar-refractivity contribution in [3.63, 3.8) is 0 Å². The predicted molar refractivity (Wildman–Crippen MR) is 128 cm³/mol. The number of benzene rings is 1. The van der Waals surface area contributed by atoms with Gasteiger partial charge in [0.05, 0.1) is 18.6 Å². The Balaban J connectivity index is 0.000000271. The van der Waals surface area contributed by atoms with E-state index in [0.717, 1.165) is 31.8 Å². The first-order valence-electron chi connectivity index (χ1n) is 11.3. The number of halogens is 1. The van der Waals surface area contributed by atoms with E-state index < -0.39 is 0 Å². The van der Waals surface area contributed by atoms with Gasteiger partial charge in [-0.3, -0.25) is 14.7 Å². The summed E-state index contributed by atoms with van der Waals surface area (Å²) in [4.78, 5) is 26.6. The number of nitrogens with zero attached hydrogens (tertiary/aromatic N) is 4. The monoisotopic (exact) mass is 466 g/mol. The summed E-state index contributed by atoms with van der Waals surface area (Å²) in [7, 11) is 1.75. The van der Waals surface area contributed by atoms with E-state index in [2.05, 4.69) is 30.5 Å². The zero-order valence-electron chi connectivity index (χ0n) is 19.4. The van der Waals surface area contributed by atoms with Crippen molar-refractivity contribution in [2.45, 2.75) is 13.0 Å². The van der Waals surface area contributed by atoms with Gasteiger partial charge >= 0.3 is 0 Å². The molecule has 34 heavy (non-hydrogen) atoms. The van der Waals surface area contributed by atoms with E-state index >= 15 is 0 Å². The van der Waals surface area contributed by atoms with Gasteiger partial charge in [0.2, 0.25) is 5.91 Å². The molecule has 2 N–H and O–H groups in total. The fourth-order valence-corrected chi connectivity index (χ4v) is 3.33. The quantitative estimate of drug-likeness (QED) is 0.525. The lowest BCUT2D eigenvalue weighted by atomic mass is 10.2. The Morgan fingerprint density at radius 1 is 1.09 bits per heavy atom. The van der Waals surface area contributed by atoms with Gasteiger partial charge in [0.25, 0.3) is 0 Å². The third-order valence-corrected chi connectivity index (χ3v) is 5.25. The second kappa shape index (κ2) is 14.1. The summed E-state index contributed by atoms with van der Waals surface area (Å²) in [6.07, 6.45) is 6.61. The number of pyridine rings is 1. The highest BCUT2D eigenvalue weighted by Crippen LogP contribution is 2.18. The van der Waals surface area contributed by atoms with Gasteiger partial charge in [0.15, 0.2) is 5.82 Å². The molecule has 1 aromatic carbocycles. The van der Waals surface area contributed by atoms with Crippen molar-refractivity contribution in [3.8, 4) is 11.4 Å². The molecule has 1 aliphatic rings. The zero-order valence-corrected chi connectivity index (χ0v) is 19.4. The summed E-state index contributed by atoms with van der Waals surface area (Å²) >= 11 is 0. The molecular formula is C25H31FN6O2. The van der Waals surface area contributed by atoms with Crippen molar-refractivity contribution in [1.29, 1.82) is 0 Å². The van der Waals surface area contributed by atoms with Crippen molar-refractivity contribution in [1.82, 2.24) is 30.5 Å². The summed E-state index contributed by atoms with van der Waals surface area (Å²) in [6, 6.07) is 9.99. The summed E-state index contributed by atoms with van der Waals surface area (Å²) < 4.78 is 18.7. The summed E-state index contributed by atoms with van der Waals surface area (Å²) in [5.41, 5.74) is 1.98. The number of methoxy groups -OCH3 is 1. The zero-order chi connectivity index (χ0) is 24.0. The van der Waals surface area contributed by atoms with E-state index in [-0.39, 0.29) is 18.1 Å². The third-order valence-electron chi connectivity index (χ3n) is 5.25. The molecule has 0 saturated carbocycles. The molecule has 0 bridgehead atoms. The fraction of sp³-hybridized carbons (Fsp3) is 0.360. The van der Waals surface area contributed by atoms with Crippen LogP contribution >= 0.6 is 0 Å². The van der Waals surface area contributed by atoms with Crippen LogP contribution in [-0.2, 0) is 22.5 Å². The lowest BCUT2D eigenvalue weighted by Crippen LogP contribution is -2.44. The van der Waals surface area contributed by atoms with Crippen LogP contribution in [0, 0.1) is 5.82 Å². The van der Waals surface area contributed by atoms with Crippen LogP contribution in [0.5, 0.6) is 0 Å². The molecule has 1 amide bonds. The van der Waals surface area contributed by atoms with Crippen LogP contribution in [0.3, 0.4) is 0 Å². The second-order valence-electron chi connectivity index (χ2n) is 7.79. The van der Waals surface area contributed by atoms with E-state index in [4.69, 9.17) is 4.74 Å². The SMILES string of the molecule is COCCN1CCNCC1.O=C(Cc1cnc(-c2ccccc2F)nc1)NCc1ccncc1. The van der Waals surface area contributed by atoms with Gasteiger partial charge in [0.1, 0.15) is 5.82 Å². The van der Waals surface area contributed by atoms with Crippen LogP contribution in [0.15, 0.2) is 61.2 Å². The highest BCUT2D eigenvalue weighted by Gasteiger charge is 2.09. The lowest BCUT2D eigenvalue weighted by Gasteiger charge is -2.26. The number of rotatable bonds is 8. The largest absolute Gasteiger partial charge is 0.383 e.